The van der Waals surface area contributed by atoms with E-state index in [0.717, 1.165) is 17.9 Å². The van der Waals surface area contributed by atoms with Gasteiger partial charge in [-0.3, -0.25) is 4.79 Å². The fraction of sp³-hybridized carbons (Fsp3) is 0.312. The summed E-state index contributed by atoms with van der Waals surface area (Å²) in [6.07, 6.45) is 5.15. The molecule has 4 nitrogen and oxygen atoms in total. The third-order valence-electron chi connectivity index (χ3n) is 3.17. The van der Waals surface area contributed by atoms with Gasteiger partial charge in [0, 0.05) is 31.9 Å². The summed E-state index contributed by atoms with van der Waals surface area (Å²) in [6.45, 7) is 1.45. The van der Waals surface area contributed by atoms with E-state index < -0.39 is 0 Å². The number of aryl methyl sites for hydroxylation is 1. The second-order valence-electron chi connectivity index (χ2n) is 4.58. The van der Waals surface area contributed by atoms with E-state index in [0.29, 0.717) is 19.4 Å². The molecule has 106 valence electrons. The Balaban J connectivity index is 1.72. The van der Waals surface area contributed by atoms with E-state index in [9.17, 15) is 4.79 Å². The van der Waals surface area contributed by atoms with Gasteiger partial charge in [-0.25, -0.2) is 0 Å². The van der Waals surface area contributed by atoms with Gasteiger partial charge in [0.15, 0.2) is 0 Å². The quantitative estimate of drug-likeness (QED) is 0.840. The Labute approximate surface area is 119 Å². The van der Waals surface area contributed by atoms with Crippen LogP contribution in [0.2, 0.25) is 0 Å². The highest BCUT2D eigenvalue weighted by atomic mass is 16.5. The third-order valence-corrected chi connectivity index (χ3v) is 3.17. The lowest BCUT2D eigenvalue weighted by molar-refractivity contribution is -0.121. The Morgan fingerprint density at radius 3 is 2.70 bits per heavy atom. The third kappa shape index (κ3) is 4.16. The molecular formula is C16H20N2O2. The van der Waals surface area contributed by atoms with Crippen molar-refractivity contribution in [2.24, 2.45) is 0 Å². The molecule has 0 unspecified atom stereocenters. The predicted molar refractivity (Wildman–Crippen MR) is 78.8 cm³/mol. The molecule has 0 spiro atoms. The molecule has 20 heavy (non-hydrogen) atoms. The minimum Gasteiger partial charge on any atom is -0.496 e. The summed E-state index contributed by atoms with van der Waals surface area (Å²) in [5.74, 6) is 0.913. The Morgan fingerprint density at radius 2 is 1.95 bits per heavy atom. The molecule has 1 heterocycles. The van der Waals surface area contributed by atoms with Crippen molar-refractivity contribution in [3.63, 3.8) is 0 Å². The summed E-state index contributed by atoms with van der Waals surface area (Å²) < 4.78 is 7.31. The lowest BCUT2D eigenvalue weighted by Gasteiger charge is -2.09. The van der Waals surface area contributed by atoms with Gasteiger partial charge in [0.05, 0.1) is 7.11 Å². The number of rotatable bonds is 7. The number of hydrogen-bond acceptors (Lipinski definition) is 2. The molecule has 0 fully saturated rings. The van der Waals surface area contributed by atoms with Crippen LogP contribution in [-0.4, -0.2) is 24.1 Å². The SMILES string of the molecule is COc1ccccc1CCC(=O)NCCn1cccc1. The molecule has 2 aromatic rings. The van der Waals surface area contributed by atoms with E-state index in [1.54, 1.807) is 7.11 Å². The molecule has 2 rings (SSSR count). The van der Waals surface area contributed by atoms with E-state index in [4.69, 9.17) is 4.74 Å². The topological polar surface area (TPSA) is 43.3 Å². The number of methoxy groups -OCH3 is 1. The summed E-state index contributed by atoms with van der Waals surface area (Å²) >= 11 is 0. The number of carbonyl (C=O) groups excluding carboxylic acids is 1. The molecular weight excluding hydrogens is 252 g/mol. The summed E-state index contributed by atoms with van der Waals surface area (Å²) in [7, 11) is 1.65. The summed E-state index contributed by atoms with van der Waals surface area (Å²) in [5.41, 5.74) is 1.07. The fourth-order valence-electron chi connectivity index (χ4n) is 2.09. The highest BCUT2D eigenvalue weighted by Crippen LogP contribution is 2.18. The van der Waals surface area contributed by atoms with Crippen molar-refractivity contribution < 1.29 is 9.53 Å². The van der Waals surface area contributed by atoms with Crippen LogP contribution in [0.3, 0.4) is 0 Å². The van der Waals surface area contributed by atoms with Crippen molar-refractivity contribution in [2.45, 2.75) is 19.4 Å². The van der Waals surface area contributed by atoms with Gasteiger partial charge in [0.1, 0.15) is 5.75 Å². The van der Waals surface area contributed by atoms with Crippen LogP contribution in [0.1, 0.15) is 12.0 Å². The standard InChI is InChI=1S/C16H20N2O2/c1-20-15-7-3-2-6-14(15)8-9-16(19)17-10-13-18-11-4-5-12-18/h2-7,11-12H,8-10,13H2,1H3,(H,17,19). The molecule has 0 aliphatic heterocycles. The van der Waals surface area contributed by atoms with Gasteiger partial charge < -0.3 is 14.6 Å². The Morgan fingerprint density at radius 1 is 1.20 bits per heavy atom. The first kappa shape index (κ1) is 14.2. The van der Waals surface area contributed by atoms with Crippen LogP contribution in [0.15, 0.2) is 48.8 Å². The van der Waals surface area contributed by atoms with Crippen LogP contribution in [0.5, 0.6) is 5.75 Å². The Hall–Kier alpha value is -2.23. The molecule has 0 radical (unpaired) electrons. The molecule has 0 bridgehead atoms. The number of hydrogen-bond donors (Lipinski definition) is 1. The Kier molecular flexibility index (Phi) is 5.24. The maximum atomic E-state index is 11.8. The van der Waals surface area contributed by atoms with Gasteiger partial charge in [0.2, 0.25) is 5.91 Å². The first-order valence-corrected chi connectivity index (χ1v) is 6.79. The van der Waals surface area contributed by atoms with E-state index in [1.807, 2.05) is 53.4 Å². The maximum absolute atomic E-state index is 11.8. The lowest BCUT2D eigenvalue weighted by Crippen LogP contribution is -2.27. The molecule has 0 saturated heterocycles. The van der Waals surface area contributed by atoms with Crippen molar-refractivity contribution in [3.05, 3.63) is 54.4 Å². The van der Waals surface area contributed by atoms with Crippen LogP contribution >= 0.6 is 0 Å². The molecule has 0 saturated carbocycles. The van der Waals surface area contributed by atoms with Crippen LogP contribution in [0.25, 0.3) is 0 Å². The van der Waals surface area contributed by atoms with Crippen molar-refractivity contribution in [1.82, 2.24) is 9.88 Å². The number of nitrogens with one attached hydrogen (secondary N) is 1. The minimum atomic E-state index is 0.0723. The molecule has 0 aliphatic carbocycles. The van der Waals surface area contributed by atoms with E-state index in [1.165, 1.54) is 0 Å². The highest BCUT2D eigenvalue weighted by molar-refractivity contribution is 5.76. The van der Waals surface area contributed by atoms with Crippen molar-refractivity contribution in [3.8, 4) is 5.75 Å². The fourth-order valence-corrected chi connectivity index (χ4v) is 2.09. The Bertz CT molecular complexity index is 535. The van der Waals surface area contributed by atoms with Gasteiger partial charge in [-0.05, 0) is 30.2 Å². The molecule has 1 N–H and O–H groups in total. The van der Waals surface area contributed by atoms with Gasteiger partial charge in [-0.2, -0.15) is 0 Å². The van der Waals surface area contributed by atoms with Crippen LogP contribution < -0.4 is 10.1 Å². The number of para-hydroxylation sites is 1. The molecule has 1 amide bonds. The van der Waals surface area contributed by atoms with Gasteiger partial charge in [-0.1, -0.05) is 18.2 Å². The zero-order chi connectivity index (χ0) is 14.2. The average molecular weight is 272 g/mol. The molecule has 4 heteroatoms. The molecule has 0 atom stereocenters. The second-order valence-corrected chi connectivity index (χ2v) is 4.58. The molecule has 1 aromatic carbocycles. The summed E-state index contributed by atoms with van der Waals surface area (Å²) in [5, 5.41) is 2.93. The molecule has 0 aliphatic rings. The summed E-state index contributed by atoms with van der Waals surface area (Å²) in [4.78, 5) is 11.8. The number of carbonyl (C=O) groups is 1. The molecule has 1 aromatic heterocycles. The summed E-state index contributed by atoms with van der Waals surface area (Å²) in [6, 6.07) is 11.7. The van der Waals surface area contributed by atoms with Gasteiger partial charge in [-0.15, -0.1) is 0 Å². The zero-order valence-corrected chi connectivity index (χ0v) is 11.7. The van der Waals surface area contributed by atoms with Crippen molar-refractivity contribution in [1.29, 1.82) is 0 Å². The van der Waals surface area contributed by atoms with Crippen molar-refractivity contribution >= 4 is 5.91 Å². The number of benzene rings is 1. The first-order valence-electron chi connectivity index (χ1n) is 6.79. The second kappa shape index (κ2) is 7.38. The highest BCUT2D eigenvalue weighted by Gasteiger charge is 2.05. The van der Waals surface area contributed by atoms with E-state index in [-0.39, 0.29) is 5.91 Å². The smallest absolute Gasteiger partial charge is 0.220 e. The maximum Gasteiger partial charge on any atom is 0.220 e. The predicted octanol–water partition coefficient (Wildman–Crippen LogP) is 2.25. The van der Waals surface area contributed by atoms with Crippen LogP contribution in [0, 0.1) is 0 Å². The van der Waals surface area contributed by atoms with Crippen molar-refractivity contribution in [2.75, 3.05) is 13.7 Å². The van der Waals surface area contributed by atoms with Gasteiger partial charge in [0.25, 0.3) is 0 Å². The lowest BCUT2D eigenvalue weighted by atomic mass is 10.1. The number of nitrogens with zero attached hydrogens (tertiary/aromatic N) is 1. The van der Waals surface area contributed by atoms with E-state index in [2.05, 4.69) is 5.32 Å². The largest absolute Gasteiger partial charge is 0.496 e. The van der Waals surface area contributed by atoms with E-state index >= 15 is 0 Å². The van der Waals surface area contributed by atoms with Gasteiger partial charge >= 0.3 is 0 Å². The number of amides is 1. The first-order chi connectivity index (χ1) is 9.79. The minimum absolute atomic E-state index is 0.0723. The zero-order valence-electron chi connectivity index (χ0n) is 11.7. The normalized spacial score (nSPS) is 10.2. The van der Waals surface area contributed by atoms with Crippen LogP contribution in [-0.2, 0) is 17.8 Å². The van der Waals surface area contributed by atoms with Crippen LogP contribution in [0.4, 0.5) is 0 Å². The number of ether oxygens (including phenoxy) is 1. The average Bonchev–Trinajstić information content (AvgIpc) is 2.98. The monoisotopic (exact) mass is 272 g/mol. The number of aromatic nitrogens is 1.